The van der Waals surface area contributed by atoms with Crippen molar-refractivity contribution >= 4 is 11.6 Å². The first kappa shape index (κ1) is 12.9. The third-order valence-electron chi connectivity index (χ3n) is 3.43. The average Bonchev–Trinajstić information content (AvgIpc) is 2.76. The molecule has 0 radical (unpaired) electrons. The second kappa shape index (κ2) is 5.40. The molecule has 1 heterocycles. The molecule has 0 aromatic heterocycles. The Morgan fingerprint density at radius 2 is 2.28 bits per heavy atom. The van der Waals surface area contributed by atoms with Crippen LogP contribution in [0.4, 0.5) is 5.69 Å². The van der Waals surface area contributed by atoms with Crippen LogP contribution in [0.5, 0.6) is 0 Å². The topological polar surface area (TPSA) is 49.6 Å². The number of carbonyl (C=O) groups is 1. The monoisotopic (exact) mass is 247 g/mol. The van der Waals surface area contributed by atoms with E-state index in [0.29, 0.717) is 0 Å². The molecule has 18 heavy (non-hydrogen) atoms. The fraction of sp³-hybridized carbons (Fsp3) is 0.500. The molecule has 0 saturated carbocycles. The number of likely N-dealkylation sites (tertiary alicyclic amines) is 1. The maximum absolute atomic E-state index is 12.1. The second-order valence-electron chi connectivity index (χ2n) is 5.11. The SMILES string of the molecule is CN(C)C(=O)C1CCCN1Cc1cccc(N)c1. The smallest absolute Gasteiger partial charge is 0.239 e. The third-order valence-corrected chi connectivity index (χ3v) is 3.43. The number of likely N-dealkylation sites (N-methyl/N-ethyl adjacent to an activating group) is 1. The predicted octanol–water partition coefficient (Wildman–Crippen LogP) is 1.32. The van der Waals surface area contributed by atoms with E-state index in [-0.39, 0.29) is 11.9 Å². The van der Waals surface area contributed by atoms with Gasteiger partial charge in [0.05, 0.1) is 6.04 Å². The molecule has 2 rings (SSSR count). The van der Waals surface area contributed by atoms with Gasteiger partial charge in [-0.25, -0.2) is 0 Å². The molecule has 1 atom stereocenters. The van der Waals surface area contributed by atoms with Crippen molar-refractivity contribution in [2.75, 3.05) is 26.4 Å². The summed E-state index contributed by atoms with van der Waals surface area (Å²) in [4.78, 5) is 16.0. The van der Waals surface area contributed by atoms with Gasteiger partial charge in [0.1, 0.15) is 0 Å². The molecule has 4 nitrogen and oxygen atoms in total. The molecule has 2 N–H and O–H groups in total. The Labute approximate surface area is 108 Å². The van der Waals surface area contributed by atoms with Crippen molar-refractivity contribution in [3.8, 4) is 0 Å². The zero-order chi connectivity index (χ0) is 13.1. The highest BCUT2D eigenvalue weighted by Gasteiger charge is 2.31. The zero-order valence-corrected chi connectivity index (χ0v) is 11.1. The van der Waals surface area contributed by atoms with Crippen LogP contribution in [0.25, 0.3) is 0 Å². The lowest BCUT2D eigenvalue weighted by Crippen LogP contribution is -2.42. The van der Waals surface area contributed by atoms with E-state index in [1.807, 2.05) is 32.3 Å². The molecule has 1 aromatic carbocycles. The van der Waals surface area contributed by atoms with Gasteiger partial charge >= 0.3 is 0 Å². The van der Waals surface area contributed by atoms with Crippen molar-refractivity contribution < 1.29 is 4.79 Å². The molecule has 0 bridgehead atoms. The molecule has 98 valence electrons. The molecule has 0 spiro atoms. The standard InChI is InChI=1S/C14H21N3O/c1-16(2)14(18)13-7-4-8-17(13)10-11-5-3-6-12(15)9-11/h3,5-6,9,13H,4,7-8,10,15H2,1-2H3. The fourth-order valence-corrected chi connectivity index (χ4v) is 2.52. The largest absolute Gasteiger partial charge is 0.399 e. The highest BCUT2D eigenvalue weighted by atomic mass is 16.2. The average molecular weight is 247 g/mol. The molecule has 1 aliphatic rings. The van der Waals surface area contributed by atoms with Gasteiger partial charge in [-0.3, -0.25) is 9.69 Å². The highest BCUT2D eigenvalue weighted by molar-refractivity contribution is 5.81. The van der Waals surface area contributed by atoms with E-state index >= 15 is 0 Å². The molecule has 1 saturated heterocycles. The Bertz CT molecular complexity index is 431. The van der Waals surface area contributed by atoms with E-state index in [1.54, 1.807) is 4.90 Å². The van der Waals surface area contributed by atoms with Crippen molar-refractivity contribution in [2.24, 2.45) is 0 Å². The minimum absolute atomic E-state index is 0.0291. The fourth-order valence-electron chi connectivity index (χ4n) is 2.52. The molecular weight excluding hydrogens is 226 g/mol. The van der Waals surface area contributed by atoms with E-state index in [1.165, 1.54) is 5.56 Å². The second-order valence-corrected chi connectivity index (χ2v) is 5.11. The van der Waals surface area contributed by atoms with E-state index in [2.05, 4.69) is 11.0 Å². The summed E-state index contributed by atoms with van der Waals surface area (Å²) in [6, 6.07) is 7.92. The normalized spacial score (nSPS) is 20.0. The van der Waals surface area contributed by atoms with Crippen LogP contribution < -0.4 is 5.73 Å². The Hall–Kier alpha value is -1.55. The van der Waals surface area contributed by atoms with Crippen LogP contribution in [0.1, 0.15) is 18.4 Å². The molecule has 0 aliphatic carbocycles. The van der Waals surface area contributed by atoms with Gasteiger partial charge in [-0.15, -0.1) is 0 Å². The zero-order valence-electron chi connectivity index (χ0n) is 11.1. The van der Waals surface area contributed by atoms with E-state index in [9.17, 15) is 4.79 Å². The molecular formula is C14H21N3O. The summed E-state index contributed by atoms with van der Waals surface area (Å²) in [7, 11) is 3.64. The van der Waals surface area contributed by atoms with Gasteiger partial charge in [-0.05, 0) is 37.1 Å². The minimum atomic E-state index is 0.0291. The van der Waals surface area contributed by atoms with Crippen LogP contribution in [0, 0.1) is 0 Å². The van der Waals surface area contributed by atoms with Gasteiger partial charge in [0.2, 0.25) is 5.91 Å². The lowest BCUT2D eigenvalue weighted by molar-refractivity contribution is -0.133. The number of anilines is 1. The van der Waals surface area contributed by atoms with Crippen LogP contribution in [0.3, 0.4) is 0 Å². The van der Waals surface area contributed by atoms with Gasteiger partial charge < -0.3 is 10.6 Å². The van der Waals surface area contributed by atoms with Crippen LogP contribution in [-0.2, 0) is 11.3 Å². The molecule has 1 unspecified atom stereocenters. The van der Waals surface area contributed by atoms with Crippen molar-refractivity contribution in [3.63, 3.8) is 0 Å². The van der Waals surface area contributed by atoms with Crippen molar-refractivity contribution in [3.05, 3.63) is 29.8 Å². The number of hydrogen-bond acceptors (Lipinski definition) is 3. The first-order chi connectivity index (χ1) is 8.58. The molecule has 1 aliphatic heterocycles. The molecule has 4 heteroatoms. The van der Waals surface area contributed by atoms with Crippen LogP contribution >= 0.6 is 0 Å². The maximum atomic E-state index is 12.1. The Kier molecular flexibility index (Phi) is 3.87. The quantitative estimate of drug-likeness (QED) is 0.820. The predicted molar refractivity (Wildman–Crippen MR) is 73.0 cm³/mol. The van der Waals surface area contributed by atoms with E-state index in [0.717, 1.165) is 31.6 Å². The Morgan fingerprint density at radius 3 is 2.94 bits per heavy atom. The van der Waals surface area contributed by atoms with E-state index in [4.69, 9.17) is 5.73 Å². The van der Waals surface area contributed by atoms with Gasteiger partial charge in [0, 0.05) is 26.3 Å². The van der Waals surface area contributed by atoms with Crippen molar-refractivity contribution in [1.82, 2.24) is 9.80 Å². The van der Waals surface area contributed by atoms with Gasteiger partial charge in [0.15, 0.2) is 0 Å². The van der Waals surface area contributed by atoms with Crippen LogP contribution in [0.15, 0.2) is 24.3 Å². The van der Waals surface area contributed by atoms with Crippen molar-refractivity contribution in [2.45, 2.75) is 25.4 Å². The maximum Gasteiger partial charge on any atom is 0.239 e. The number of rotatable bonds is 3. The highest BCUT2D eigenvalue weighted by Crippen LogP contribution is 2.21. The lowest BCUT2D eigenvalue weighted by Gasteiger charge is -2.26. The first-order valence-corrected chi connectivity index (χ1v) is 6.37. The van der Waals surface area contributed by atoms with E-state index < -0.39 is 0 Å². The minimum Gasteiger partial charge on any atom is -0.399 e. The molecule has 1 fully saturated rings. The van der Waals surface area contributed by atoms with Crippen LogP contribution in [-0.4, -0.2) is 42.4 Å². The summed E-state index contributed by atoms with van der Waals surface area (Å²) >= 11 is 0. The number of nitrogen functional groups attached to an aromatic ring is 1. The third kappa shape index (κ3) is 2.82. The number of carbonyl (C=O) groups excluding carboxylic acids is 1. The van der Waals surface area contributed by atoms with Gasteiger partial charge in [0.25, 0.3) is 0 Å². The molecule has 1 amide bonds. The van der Waals surface area contributed by atoms with Gasteiger partial charge in [-0.1, -0.05) is 12.1 Å². The molecule has 1 aromatic rings. The van der Waals surface area contributed by atoms with Crippen LogP contribution in [0.2, 0.25) is 0 Å². The Morgan fingerprint density at radius 1 is 1.50 bits per heavy atom. The van der Waals surface area contributed by atoms with Crippen molar-refractivity contribution in [1.29, 1.82) is 0 Å². The van der Waals surface area contributed by atoms with Gasteiger partial charge in [-0.2, -0.15) is 0 Å². The number of nitrogens with zero attached hydrogens (tertiary/aromatic N) is 2. The summed E-state index contributed by atoms with van der Waals surface area (Å²) in [6.45, 7) is 1.79. The number of benzene rings is 1. The summed E-state index contributed by atoms with van der Waals surface area (Å²) in [6.07, 6.45) is 2.05. The number of hydrogen-bond donors (Lipinski definition) is 1. The Balaban J connectivity index is 2.06. The summed E-state index contributed by atoms with van der Waals surface area (Å²) < 4.78 is 0. The number of amides is 1. The summed E-state index contributed by atoms with van der Waals surface area (Å²) in [5, 5.41) is 0. The summed E-state index contributed by atoms with van der Waals surface area (Å²) in [5.41, 5.74) is 7.74. The summed E-state index contributed by atoms with van der Waals surface area (Å²) in [5.74, 6) is 0.205. The lowest BCUT2D eigenvalue weighted by atomic mass is 10.1. The number of nitrogens with two attached hydrogens (primary N) is 1. The first-order valence-electron chi connectivity index (χ1n) is 6.37.